The molecule has 0 amide bonds. The largest absolute Gasteiger partial charge is 0.309 e. The maximum Gasteiger partial charge on any atom is 0.145 e. The van der Waals surface area contributed by atoms with Gasteiger partial charge in [0.1, 0.15) is 5.65 Å². The number of rotatable bonds is 9. The van der Waals surface area contributed by atoms with Gasteiger partial charge in [-0.05, 0) is 240 Å². The minimum absolute atomic E-state index is 0.969. The Morgan fingerprint density at radius 1 is 0.158 bits per heavy atom. The fourth-order valence-corrected chi connectivity index (χ4v) is 17.3. The number of hydrogen-bond donors (Lipinski definition) is 0. The highest BCUT2D eigenvalue weighted by atomic mass is 15.1. The Kier molecular flexibility index (Phi) is 15.6. The predicted molar refractivity (Wildman–Crippen MR) is 468 cm³/mol. The third-order valence-electron chi connectivity index (χ3n) is 22.3. The first kappa shape index (κ1) is 65.4. The molecule has 0 saturated heterocycles. The minimum Gasteiger partial charge on any atom is -0.309 e. The molecule has 0 aliphatic rings. The molecule has 0 saturated carbocycles. The first-order valence-electron chi connectivity index (χ1n) is 38.3. The monoisotopic (exact) mass is 1460 g/mol. The van der Waals surface area contributed by atoms with Crippen molar-refractivity contribution in [3.63, 3.8) is 0 Å². The summed E-state index contributed by atoms with van der Waals surface area (Å²) in [6.45, 7) is 0. The summed E-state index contributed by atoms with van der Waals surface area (Å²) < 4.78 is 13.7. The van der Waals surface area contributed by atoms with Gasteiger partial charge in [-0.25, -0.2) is 4.98 Å². The van der Waals surface area contributed by atoms with Crippen molar-refractivity contribution >= 4 is 131 Å². The molecule has 0 aliphatic carbocycles. The number of para-hydroxylation sites is 6. The van der Waals surface area contributed by atoms with Crippen molar-refractivity contribution < 1.29 is 0 Å². The topological polar surface area (TPSA) is 107 Å². The molecule has 12 heteroatoms. The summed E-state index contributed by atoms with van der Waals surface area (Å²) in [5.41, 5.74) is 30.4. The maximum atomic E-state index is 4.79. The molecular weight excluding hydrogens is 1390 g/mol. The Hall–Kier alpha value is -15.7. The molecule has 0 radical (unpaired) electrons. The van der Waals surface area contributed by atoms with Crippen LogP contribution in [0.4, 0.5) is 0 Å². The molecule has 12 aromatic heterocycles. The zero-order valence-corrected chi connectivity index (χ0v) is 61.5. The van der Waals surface area contributed by atoms with Crippen molar-refractivity contribution in [1.82, 2.24) is 57.3 Å². The highest BCUT2D eigenvalue weighted by molar-refractivity contribution is 6.15. The number of nitrogens with zero attached hydrogens (tertiary/aromatic N) is 12. The van der Waals surface area contributed by atoms with Crippen molar-refractivity contribution in [2.75, 3.05) is 0 Å². The van der Waals surface area contributed by atoms with Gasteiger partial charge >= 0.3 is 0 Å². The van der Waals surface area contributed by atoms with Crippen LogP contribution in [0.2, 0.25) is 0 Å². The van der Waals surface area contributed by atoms with Crippen LogP contribution in [0.1, 0.15) is 0 Å². The summed E-state index contributed by atoms with van der Waals surface area (Å²) in [6, 6.07) is 124. The van der Waals surface area contributed by atoms with E-state index < -0.39 is 0 Å². The van der Waals surface area contributed by atoms with Crippen LogP contribution >= 0.6 is 0 Å². The van der Waals surface area contributed by atoms with E-state index in [0.717, 1.165) is 133 Å². The van der Waals surface area contributed by atoms with Crippen LogP contribution in [0.5, 0.6) is 0 Å². The van der Waals surface area contributed by atoms with Crippen LogP contribution in [0.3, 0.4) is 0 Å². The van der Waals surface area contributed by atoms with Crippen molar-refractivity contribution in [1.29, 1.82) is 0 Å². The van der Waals surface area contributed by atoms with E-state index in [1.807, 2.05) is 98.1 Å². The molecule has 0 unspecified atom stereocenters. The lowest BCUT2D eigenvalue weighted by molar-refractivity contribution is 1.14. The van der Waals surface area contributed by atoms with Crippen molar-refractivity contribution in [2.45, 2.75) is 0 Å². The van der Waals surface area contributed by atoms with Gasteiger partial charge in [0.25, 0.3) is 0 Å². The number of aromatic nitrogens is 12. The van der Waals surface area contributed by atoms with Gasteiger partial charge in [-0.1, -0.05) is 146 Å². The Bertz CT molecular complexity index is 6630. The molecule has 534 valence electrons. The second-order valence-electron chi connectivity index (χ2n) is 28.7. The third-order valence-corrected chi connectivity index (χ3v) is 22.3. The Morgan fingerprint density at radius 2 is 0.439 bits per heavy atom. The normalized spacial score (nSPS) is 11.7. The number of hydrogen-bond acceptors (Lipinski definition) is 6. The Morgan fingerprint density at radius 3 is 0.833 bits per heavy atom. The molecule has 0 bridgehead atoms. The van der Waals surface area contributed by atoms with E-state index in [1.54, 1.807) is 0 Å². The van der Waals surface area contributed by atoms with E-state index in [1.165, 1.54) is 66.0 Å². The quantitative estimate of drug-likeness (QED) is 0.142. The molecule has 12 heterocycles. The zero-order chi connectivity index (χ0) is 75.2. The van der Waals surface area contributed by atoms with Gasteiger partial charge in [0.2, 0.25) is 0 Å². The van der Waals surface area contributed by atoms with Crippen LogP contribution in [-0.2, 0) is 0 Å². The number of pyridine rings is 6. The van der Waals surface area contributed by atoms with Gasteiger partial charge in [0, 0.05) is 126 Å². The van der Waals surface area contributed by atoms with Crippen LogP contribution in [0.15, 0.2) is 401 Å². The van der Waals surface area contributed by atoms with Crippen LogP contribution in [0, 0.1) is 0 Å². The highest BCUT2D eigenvalue weighted by Crippen LogP contribution is 2.43. The molecule has 0 atom stereocenters. The first-order chi connectivity index (χ1) is 56.6. The van der Waals surface area contributed by atoms with E-state index in [4.69, 9.17) is 19.9 Å². The standard InChI is InChI=1S/3C34H22N4/c1-3-9-25(10-4-1)37-31-18-16-24(22-29(31)33-32(37)14-8-19-35-33)23-15-17-30-28(21-23)27-13-7-20-36-34(27)38(30)26-11-5-2-6-12-26;1-3-8-25(9-4-1)37-30-15-13-23(20-27(30)29-22-35-19-17-32(29)37)24-14-16-31-28(21-24)34-33(12-7-18-36-34)38(31)26-10-5-2-6-11-26;1-3-8-25(9-4-1)37-31-16-14-24(21-29(31)34-32(37)12-7-18-36-34)23-13-15-30-28(20-23)27-17-19-35-22-33(27)38(30)26-10-5-2-6-11-26/h3*1-22H. The van der Waals surface area contributed by atoms with E-state index in [2.05, 4.69) is 341 Å². The maximum absolute atomic E-state index is 4.79. The molecule has 0 aliphatic heterocycles. The lowest BCUT2D eigenvalue weighted by Crippen LogP contribution is -1.94. The van der Waals surface area contributed by atoms with Crippen molar-refractivity contribution in [3.05, 3.63) is 401 Å². The zero-order valence-electron chi connectivity index (χ0n) is 61.5. The summed E-state index contributed by atoms with van der Waals surface area (Å²) in [5, 5.41) is 10.5. The van der Waals surface area contributed by atoms with Crippen LogP contribution in [0.25, 0.3) is 199 Å². The molecule has 12 nitrogen and oxygen atoms in total. The molecular formula is C102H66N12. The predicted octanol–water partition coefficient (Wildman–Crippen LogP) is 25.0. The second kappa shape index (κ2) is 27.2. The average molecular weight is 1460 g/mol. The molecule has 24 aromatic rings. The number of fused-ring (bicyclic) bond motifs is 18. The van der Waals surface area contributed by atoms with Gasteiger partial charge in [-0.2, -0.15) is 0 Å². The lowest BCUT2D eigenvalue weighted by atomic mass is 10.0. The summed E-state index contributed by atoms with van der Waals surface area (Å²) in [6.07, 6.45) is 15.2. The van der Waals surface area contributed by atoms with Crippen LogP contribution in [-0.4, -0.2) is 57.3 Å². The first-order valence-corrected chi connectivity index (χ1v) is 38.3. The molecule has 12 aromatic carbocycles. The number of benzene rings is 12. The SMILES string of the molecule is c1ccc(-n2c3ccc(-c4ccc5c(c4)c4cccnc4n5-c4ccccc4)cc3c3ncccc32)cc1.c1ccc(-n2c3ccc(-c4ccc5c(c4)c4ncccc4n5-c4ccccc4)cc3c3ccncc32)cc1.c1ccc(-n2c3ccncc3c3cc(-c4ccc5c(c4)c4ncccc4n5-c4ccccc4)ccc32)cc1. The van der Waals surface area contributed by atoms with E-state index in [9.17, 15) is 0 Å². The third kappa shape index (κ3) is 10.8. The van der Waals surface area contributed by atoms with Gasteiger partial charge < -0.3 is 22.8 Å². The summed E-state index contributed by atoms with van der Waals surface area (Å²) in [4.78, 5) is 28.0. The summed E-state index contributed by atoms with van der Waals surface area (Å²) in [7, 11) is 0. The second-order valence-corrected chi connectivity index (χ2v) is 28.7. The van der Waals surface area contributed by atoms with Crippen molar-refractivity contribution in [3.8, 4) is 67.5 Å². The van der Waals surface area contributed by atoms with Crippen LogP contribution < -0.4 is 0 Å². The summed E-state index contributed by atoms with van der Waals surface area (Å²) >= 11 is 0. The molecule has 0 spiro atoms. The van der Waals surface area contributed by atoms with Gasteiger partial charge in [0.15, 0.2) is 0 Å². The Balaban J connectivity index is 0.000000104. The van der Waals surface area contributed by atoms with Gasteiger partial charge in [0.05, 0.1) is 83.4 Å². The average Bonchev–Trinajstić information content (AvgIpc) is 1.59. The molecule has 24 rings (SSSR count). The minimum atomic E-state index is 0.969. The van der Waals surface area contributed by atoms with E-state index >= 15 is 0 Å². The fraction of sp³-hybridized carbons (Fsp3) is 0. The smallest absolute Gasteiger partial charge is 0.145 e. The lowest BCUT2D eigenvalue weighted by Gasteiger charge is -2.09. The van der Waals surface area contributed by atoms with E-state index in [0.29, 0.717) is 0 Å². The molecule has 114 heavy (non-hydrogen) atoms. The fourth-order valence-electron chi connectivity index (χ4n) is 17.3. The highest BCUT2D eigenvalue weighted by Gasteiger charge is 2.22. The van der Waals surface area contributed by atoms with Gasteiger partial charge in [-0.15, -0.1) is 0 Å². The van der Waals surface area contributed by atoms with Crippen molar-refractivity contribution in [2.24, 2.45) is 0 Å². The molecule has 0 fully saturated rings. The Labute approximate surface area is 653 Å². The van der Waals surface area contributed by atoms with E-state index in [-0.39, 0.29) is 0 Å². The summed E-state index contributed by atoms with van der Waals surface area (Å²) in [5.74, 6) is 0. The van der Waals surface area contributed by atoms with Gasteiger partial charge in [-0.3, -0.25) is 29.5 Å². The molecule has 0 N–H and O–H groups in total.